The molecule has 0 radical (unpaired) electrons. The molecule has 3 heteroatoms. The van der Waals surface area contributed by atoms with E-state index in [0.29, 0.717) is 0 Å². The molecule has 0 unspecified atom stereocenters. The van der Waals surface area contributed by atoms with Crippen molar-refractivity contribution >= 4 is 55.3 Å². The molecule has 156 valence electrons. The Bertz CT molecular complexity index is 1790. The number of fused-ring (bicyclic) bond motifs is 6. The summed E-state index contributed by atoms with van der Waals surface area (Å²) in [6.07, 6.45) is 0. The first-order chi connectivity index (χ1) is 16.3. The van der Waals surface area contributed by atoms with Crippen LogP contribution < -0.4 is 5.32 Å². The summed E-state index contributed by atoms with van der Waals surface area (Å²) in [6.45, 7) is 0. The van der Waals surface area contributed by atoms with Gasteiger partial charge in [0.25, 0.3) is 0 Å². The molecule has 0 aliphatic heterocycles. The average molecular weight is 425 g/mol. The lowest BCUT2D eigenvalue weighted by Crippen LogP contribution is -1.90. The average Bonchev–Trinajstić information content (AvgIpc) is 3.43. The Labute approximate surface area is 189 Å². The minimum Gasteiger partial charge on any atom is -0.456 e. The first-order valence-electron chi connectivity index (χ1n) is 11.0. The van der Waals surface area contributed by atoms with Gasteiger partial charge in [-0.3, -0.25) is 0 Å². The van der Waals surface area contributed by atoms with Crippen molar-refractivity contribution in [3.05, 3.63) is 109 Å². The third-order valence-electron chi connectivity index (χ3n) is 6.27. The van der Waals surface area contributed by atoms with Crippen molar-refractivity contribution in [1.29, 1.82) is 0 Å². The summed E-state index contributed by atoms with van der Waals surface area (Å²) in [4.78, 5) is 0. The highest BCUT2D eigenvalue weighted by Gasteiger charge is 2.15. The second-order valence-corrected chi connectivity index (χ2v) is 8.26. The third kappa shape index (κ3) is 2.83. The molecule has 0 spiro atoms. The quantitative estimate of drug-likeness (QED) is 0.307. The van der Waals surface area contributed by atoms with Crippen molar-refractivity contribution in [1.82, 2.24) is 0 Å². The SMILES string of the molecule is c1ccc(-c2cccc3oc4c(Nc5ccc6c(c5)oc5ccccc56)cccc4c23)cc1. The molecule has 5 aromatic carbocycles. The highest BCUT2D eigenvalue weighted by Crippen LogP contribution is 2.40. The maximum Gasteiger partial charge on any atom is 0.158 e. The van der Waals surface area contributed by atoms with E-state index in [9.17, 15) is 0 Å². The van der Waals surface area contributed by atoms with Crippen molar-refractivity contribution in [3.63, 3.8) is 0 Å². The van der Waals surface area contributed by atoms with E-state index in [1.165, 1.54) is 11.1 Å². The monoisotopic (exact) mass is 425 g/mol. The molecule has 0 fully saturated rings. The molecular weight excluding hydrogens is 406 g/mol. The van der Waals surface area contributed by atoms with Crippen LogP contribution in [0.25, 0.3) is 55.0 Å². The number of nitrogens with one attached hydrogen (secondary N) is 1. The van der Waals surface area contributed by atoms with Crippen LogP contribution in [0.4, 0.5) is 11.4 Å². The lowest BCUT2D eigenvalue weighted by Gasteiger charge is -2.07. The van der Waals surface area contributed by atoms with Gasteiger partial charge in [0.15, 0.2) is 5.58 Å². The largest absolute Gasteiger partial charge is 0.456 e. The molecule has 33 heavy (non-hydrogen) atoms. The molecule has 7 aromatic rings. The van der Waals surface area contributed by atoms with Gasteiger partial charge in [-0.15, -0.1) is 0 Å². The van der Waals surface area contributed by atoms with E-state index < -0.39 is 0 Å². The number of para-hydroxylation sites is 2. The van der Waals surface area contributed by atoms with E-state index >= 15 is 0 Å². The summed E-state index contributed by atoms with van der Waals surface area (Å²) in [6, 6.07) is 37.3. The predicted octanol–water partition coefficient (Wildman–Crippen LogP) is 8.90. The number of rotatable bonds is 3. The van der Waals surface area contributed by atoms with Gasteiger partial charge in [-0.2, -0.15) is 0 Å². The van der Waals surface area contributed by atoms with Gasteiger partial charge in [0, 0.05) is 33.3 Å². The molecule has 0 aliphatic carbocycles. The van der Waals surface area contributed by atoms with Crippen molar-refractivity contribution in [3.8, 4) is 11.1 Å². The minimum atomic E-state index is 0.848. The molecule has 0 amide bonds. The summed E-state index contributed by atoms with van der Waals surface area (Å²) < 4.78 is 12.4. The number of hydrogen-bond acceptors (Lipinski definition) is 3. The number of benzene rings is 5. The molecule has 0 aliphatic rings. The van der Waals surface area contributed by atoms with Gasteiger partial charge in [-0.1, -0.05) is 72.8 Å². The topological polar surface area (TPSA) is 38.3 Å². The highest BCUT2D eigenvalue weighted by molar-refractivity contribution is 6.15. The Morgan fingerprint density at radius 1 is 0.515 bits per heavy atom. The Kier molecular flexibility index (Phi) is 3.84. The van der Waals surface area contributed by atoms with E-state index in [1.54, 1.807) is 0 Å². The zero-order valence-electron chi connectivity index (χ0n) is 17.7. The van der Waals surface area contributed by atoms with Crippen LogP contribution in [-0.4, -0.2) is 0 Å². The Morgan fingerprint density at radius 3 is 2.21 bits per heavy atom. The highest BCUT2D eigenvalue weighted by atomic mass is 16.3. The molecule has 0 atom stereocenters. The van der Waals surface area contributed by atoms with Gasteiger partial charge >= 0.3 is 0 Å². The lowest BCUT2D eigenvalue weighted by molar-refractivity contribution is 0.668. The molecule has 2 heterocycles. The number of anilines is 2. The Hall–Kier alpha value is -4.50. The molecule has 0 saturated heterocycles. The molecule has 3 nitrogen and oxygen atoms in total. The van der Waals surface area contributed by atoms with Crippen LogP contribution in [0.15, 0.2) is 118 Å². The van der Waals surface area contributed by atoms with Crippen molar-refractivity contribution in [2.24, 2.45) is 0 Å². The summed E-state index contributed by atoms with van der Waals surface area (Å²) in [5, 5.41) is 8.03. The zero-order valence-corrected chi connectivity index (χ0v) is 17.7. The summed E-state index contributed by atoms with van der Waals surface area (Å²) >= 11 is 0. The van der Waals surface area contributed by atoms with Crippen LogP contribution in [0.5, 0.6) is 0 Å². The summed E-state index contributed by atoms with van der Waals surface area (Å²) in [5.74, 6) is 0. The molecule has 0 saturated carbocycles. The van der Waals surface area contributed by atoms with Gasteiger partial charge in [0.2, 0.25) is 0 Å². The number of hydrogen-bond donors (Lipinski definition) is 1. The van der Waals surface area contributed by atoms with E-state index in [0.717, 1.165) is 55.3 Å². The van der Waals surface area contributed by atoms with E-state index in [1.807, 2.05) is 36.4 Å². The zero-order chi connectivity index (χ0) is 21.8. The molecule has 1 N–H and O–H groups in total. The Morgan fingerprint density at radius 2 is 1.27 bits per heavy atom. The van der Waals surface area contributed by atoms with Crippen LogP contribution >= 0.6 is 0 Å². The maximum atomic E-state index is 6.37. The van der Waals surface area contributed by atoms with Crippen LogP contribution in [0.3, 0.4) is 0 Å². The van der Waals surface area contributed by atoms with Crippen molar-refractivity contribution < 1.29 is 8.83 Å². The van der Waals surface area contributed by atoms with Gasteiger partial charge in [0.1, 0.15) is 16.7 Å². The van der Waals surface area contributed by atoms with Crippen LogP contribution in [0, 0.1) is 0 Å². The lowest BCUT2D eigenvalue weighted by atomic mass is 9.99. The standard InChI is InChI=1S/C30H19NO2/c1-2-8-19(9-3-1)21-11-7-15-27-29(21)24-12-6-13-25(30(24)33-27)31-20-16-17-23-22-10-4-5-14-26(22)32-28(23)18-20/h1-18,31H. The molecule has 0 bridgehead atoms. The fourth-order valence-electron chi connectivity index (χ4n) is 4.76. The molecular formula is C30H19NO2. The van der Waals surface area contributed by atoms with Crippen LogP contribution in [0.1, 0.15) is 0 Å². The fraction of sp³-hybridized carbons (Fsp3) is 0. The van der Waals surface area contributed by atoms with Gasteiger partial charge < -0.3 is 14.2 Å². The van der Waals surface area contributed by atoms with Crippen LogP contribution in [0.2, 0.25) is 0 Å². The van der Waals surface area contributed by atoms with Gasteiger partial charge in [0.05, 0.1) is 5.69 Å². The smallest absolute Gasteiger partial charge is 0.158 e. The summed E-state index contributed by atoms with van der Waals surface area (Å²) in [5.41, 5.74) is 7.74. The fourth-order valence-corrected chi connectivity index (χ4v) is 4.76. The first kappa shape index (κ1) is 18.1. The van der Waals surface area contributed by atoms with E-state index in [-0.39, 0.29) is 0 Å². The van der Waals surface area contributed by atoms with Crippen molar-refractivity contribution in [2.45, 2.75) is 0 Å². The summed E-state index contributed by atoms with van der Waals surface area (Å²) in [7, 11) is 0. The number of furan rings is 2. The second kappa shape index (κ2) is 7.01. The van der Waals surface area contributed by atoms with Gasteiger partial charge in [-0.25, -0.2) is 0 Å². The van der Waals surface area contributed by atoms with Gasteiger partial charge in [-0.05, 0) is 41.5 Å². The predicted molar refractivity (Wildman–Crippen MR) is 136 cm³/mol. The minimum absolute atomic E-state index is 0.848. The van der Waals surface area contributed by atoms with Crippen molar-refractivity contribution in [2.75, 3.05) is 5.32 Å². The molecule has 2 aromatic heterocycles. The van der Waals surface area contributed by atoms with E-state index in [2.05, 4.69) is 78.1 Å². The second-order valence-electron chi connectivity index (χ2n) is 8.26. The Balaban J connectivity index is 1.37. The maximum absolute atomic E-state index is 6.37. The first-order valence-corrected chi connectivity index (χ1v) is 11.0. The van der Waals surface area contributed by atoms with E-state index in [4.69, 9.17) is 8.83 Å². The molecule has 7 rings (SSSR count). The van der Waals surface area contributed by atoms with Crippen LogP contribution in [-0.2, 0) is 0 Å². The normalized spacial score (nSPS) is 11.6. The third-order valence-corrected chi connectivity index (χ3v) is 6.27.